The molecule has 1 aromatic heterocycles. The summed E-state index contributed by atoms with van der Waals surface area (Å²) in [5.41, 5.74) is 2.38. The van der Waals surface area contributed by atoms with E-state index in [9.17, 15) is 13.2 Å². The van der Waals surface area contributed by atoms with Crippen molar-refractivity contribution in [3.05, 3.63) is 71.4 Å². The van der Waals surface area contributed by atoms with Crippen molar-refractivity contribution in [1.29, 1.82) is 0 Å². The molecule has 0 aliphatic carbocycles. The molecule has 3 rings (SSSR count). The van der Waals surface area contributed by atoms with Crippen LogP contribution in [0.2, 0.25) is 0 Å². The zero-order valence-corrected chi connectivity index (χ0v) is 18.7. The number of hydrogen-bond donors (Lipinski definition) is 2. The topological polar surface area (TPSA) is 102 Å². The predicted molar refractivity (Wildman–Crippen MR) is 119 cm³/mol. The highest BCUT2D eigenvalue weighted by Gasteiger charge is 2.23. The number of rotatable bonds is 8. The van der Waals surface area contributed by atoms with E-state index in [4.69, 9.17) is 4.74 Å². The number of anilines is 1. The van der Waals surface area contributed by atoms with Gasteiger partial charge < -0.3 is 10.1 Å². The number of nitrogens with zero attached hydrogens (tertiary/aromatic N) is 2. The van der Waals surface area contributed by atoms with Gasteiger partial charge in [0.1, 0.15) is 16.5 Å². The van der Waals surface area contributed by atoms with Gasteiger partial charge in [-0.05, 0) is 44.5 Å². The Bertz CT molecular complexity index is 1190. The zero-order chi connectivity index (χ0) is 22.6. The van der Waals surface area contributed by atoms with Gasteiger partial charge in [-0.15, -0.1) is 0 Å². The molecular weight excluding hydrogens is 416 g/mol. The number of nitrogens with one attached hydrogen (secondary N) is 2. The number of carbonyl (C=O) groups excluding carboxylic acids is 1. The summed E-state index contributed by atoms with van der Waals surface area (Å²) in [5.74, 6) is 0.218. The van der Waals surface area contributed by atoms with E-state index in [1.54, 1.807) is 30.8 Å². The summed E-state index contributed by atoms with van der Waals surface area (Å²) in [6, 6.07) is 13.7. The molecular formula is C22H26N4O4S. The van der Waals surface area contributed by atoms with Crippen LogP contribution in [-0.2, 0) is 16.6 Å². The van der Waals surface area contributed by atoms with Crippen molar-refractivity contribution in [3.8, 4) is 5.75 Å². The SMILES string of the molecule is COc1ccc(C(=O)Nc2ccnn2Cc2cccc(C)c2)cc1S(=O)(=O)NC(C)C. The van der Waals surface area contributed by atoms with E-state index in [2.05, 4.69) is 21.2 Å². The minimum Gasteiger partial charge on any atom is -0.495 e. The van der Waals surface area contributed by atoms with Gasteiger partial charge in [-0.3, -0.25) is 4.79 Å². The average molecular weight is 443 g/mol. The number of methoxy groups -OCH3 is 1. The summed E-state index contributed by atoms with van der Waals surface area (Å²) in [5, 5.41) is 7.08. The molecule has 2 N–H and O–H groups in total. The summed E-state index contributed by atoms with van der Waals surface area (Å²) in [6.07, 6.45) is 1.60. The van der Waals surface area contributed by atoms with Gasteiger partial charge in [-0.2, -0.15) is 5.10 Å². The van der Waals surface area contributed by atoms with Crippen LogP contribution in [0.3, 0.4) is 0 Å². The second-order valence-electron chi connectivity index (χ2n) is 7.46. The maximum absolute atomic E-state index is 12.9. The molecule has 0 saturated heterocycles. The number of carbonyl (C=O) groups is 1. The Hall–Kier alpha value is -3.17. The van der Waals surface area contributed by atoms with Crippen molar-refractivity contribution in [2.24, 2.45) is 0 Å². The lowest BCUT2D eigenvalue weighted by Gasteiger charge is -2.14. The molecule has 164 valence electrons. The van der Waals surface area contributed by atoms with Gasteiger partial charge >= 0.3 is 0 Å². The number of aromatic nitrogens is 2. The fourth-order valence-electron chi connectivity index (χ4n) is 3.14. The van der Waals surface area contributed by atoms with Gasteiger partial charge in [0, 0.05) is 17.7 Å². The fourth-order valence-corrected chi connectivity index (χ4v) is 4.58. The van der Waals surface area contributed by atoms with Gasteiger partial charge in [0.15, 0.2) is 0 Å². The van der Waals surface area contributed by atoms with Crippen molar-refractivity contribution in [2.75, 3.05) is 12.4 Å². The average Bonchev–Trinajstić information content (AvgIpc) is 3.13. The largest absolute Gasteiger partial charge is 0.495 e. The van der Waals surface area contributed by atoms with E-state index in [0.717, 1.165) is 11.1 Å². The molecule has 0 spiro atoms. The third-order valence-electron chi connectivity index (χ3n) is 4.48. The summed E-state index contributed by atoms with van der Waals surface area (Å²) in [6.45, 7) is 5.94. The summed E-state index contributed by atoms with van der Waals surface area (Å²) < 4.78 is 34.7. The van der Waals surface area contributed by atoms with Gasteiger partial charge in [0.25, 0.3) is 5.91 Å². The lowest BCUT2D eigenvalue weighted by molar-refractivity contribution is 0.102. The summed E-state index contributed by atoms with van der Waals surface area (Å²) in [4.78, 5) is 12.8. The Balaban J connectivity index is 1.85. The number of amides is 1. The second kappa shape index (κ2) is 9.32. The minimum absolute atomic E-state index is 0.0929. The van der Waals surface area contributed by atoms with Crippen LogP contribution in [0, 0.1) is 6.92 Å². The van der Waals surface area contributed by atoms with E-state index in [1.807, 2.05) is 25.1 Å². The Morgan fingerprint density at radius 3 is 2.61 bits per heavy atom. The van der Waals surface area contributed by atoms with Crippen LogP contribution in [0.5, 0.6) is 5.75 Å². The highest BCUT2D eigenvalue weighted by Crippen LogP contribution is 2.25. The van der Waals surface area contributed by atoms with E-state index in [0.29, 0.717) is 12.4 Å². The number of benzene rings is 2. The van der Waals surface area contributed by atoms with Crippen molar-refractivity contribution < 1.29 is 17.9 Å². The molecule has 0 atom stereocenters. The Morgan fingerprint density at radius 2 is 1.94 bits per heavy atom. The molecule has 0 fully saturated rings. The van der Waals surface area contributed by atoms with Gasteiger partial charge in [-0.25, -0.2) is 17.8 Å². The number of sulfonamides is 1. The molecule has 0 aliphatic heterocycles. The first kappa shape index (κ1) is 22.5. The van der Waals surface area contributed by atoms with Crippen LogP contribution in [0.1, 0.15) is 35.3 Å². The molecule has 9 heteroatoms. The maximum atomic E-state index is 12.9. The molecule has 0 aliphatic rings. The monoisotopic (exact) mass is 442 g/mol. The first-order valence-corrected chi connectivity index (χ1v) is 11.3. The van der Waals surface area contributed by atoms with E-state index in [1.165, 1.54) is 25.3 Å². The Labute approximate surface area is 182 Å². The number of aryl methyl sites for hydroxylation is 1. The second-order valence-corrected chi connectivity index (χ2v) is 9.14. The van der Waals surface area contributed by atoms with Crippen LogP contribution in [0.15, 0.2) is 59.6 Å². The first-order valence-electron chi connectivity index (χ1n) is 9.78. The molecule has 0 saturated carbocycles. The fraction of sp³-hybridized carbons (Fsp3) is 0.273. The summed E-state index contributed by atoms with van der Waals surface area (Å²) in [7, 11) is -2.46. The van der Waals surface area contributed by atoms with Crippen LogP contribution in [-0.4, -0.2) is 37.3 Å². The minimum atomic E-state index is -3.85. The lowest BCUT2D eigenvalue weighted by atomic mass is 10.1. The highest BCUT2D eigenvalue weighted by molar-refractivity contribution is 7.89. The molecule has 3 aromatic rings. The van der Waals surface area contributed by atoms with Crippen LogP contribution >= 0.6 is 0 Å². The van der Waals surface area contributed by atoms with Crippen LogP contribution in [0.4, 0.5) is 5.82 Å². The third kappa shape index (κ3) is 5.50. The van der Waals surface area contributed by atoms with Crippen molar-refractivity contribution in [2.45, 2.75) is 38.3 Å². The van der Waals surface area contributed by atoms with Crippen molar-refractivity contribution >= 4 is 21.7 Å². The molecule has 1 amide bonds. The van der Waals surface area contributed by atoms with Gasteiger partial charge in [0.2, 0.25) is 10.0 Å². The number of hydrogen-bond acceptors (Lipinski definition) is 5. The molecule has 8 nitrogen and oxygen atoms in total. The third-order valence-corrected chi connectivity index (χ3v) is 6.16. The first-order chi connectivity index (χ1) is 14.7. The number of ether oxygens (including phenoxy) is 1. The van der Waals surface area contributed by atoms with E-state index >= 15 is 0 Å². The predicted octanol–water partition coefficient (Wildman–Crippen LogP) is 3.19. The Kier molecular flexibility index (Phi) is 6.77. The Morgan fingerprint density at radius 1 is 1.16 bits per heavy atom. The van der Waals surface area contributed by atoms with E-state index in [-0.39, 0.29) is 22.3 Å². The van der Waals surface area contributed by atoms with Crippen LogP contribution < -0.4 is 14.8 Å². The zero-order valence-electron chi connectivity index (χ0n) is 17.9. The molecule has 0 bridgehead atoms. The molecule has 0 radical (unpaired) electrons. The van der Waals surface area contributed by atoms with E-state index < -0.39 is 15.9 Å². The quantitative estimate of drug-likeness (QED) is 0.558. The maximum Gasteiger partial charge on any atom is 0.256 e. The molecule has 0 unspecified atom stereocenters. The molecule has 1 heterocycles. The smallest absolute Gasteiger partial charge is 0.256 e. The lowest BCUT2D eigenvalue weighted by Crippen LogP contribution is -2.30. The molecule has 31 heavy (non-hydrogen) atoms. The van der Waals surface area contributed by atoms with Crippen molar-refractivity contribution in [1.82, 2.24) is 14.5 Å². The molecule has 2 aromatic carbocycles. The summed E-state index contributed by atoms with van der Waals surface area (Å²) >= 11 is 0. The van der Waals surface area contributed by atoms with Crippen molar-refractivity contribution in [3.63, 3.8) is 0 Å². The van der Waals surface area contributed by atoms with Gasteiger partial charge in [0.05, 0.1) is 19.9 Å². The van der Waals surface area contributed by atoms with Crippen LogP contribution in [0.25, 0.3) is 0 Å². The highest BCUT2D eigenvalue weighted by atomic mass is 32.2. The van der Waals surface area contributed by atoms with Gasteiger partial charge in [-0.1, -0.05) is 29.8 Å². The normalized spacial score (nSPS) is 11.5. The standard InChI is InChI=1S/C22H26N4O4S/c1-15(2)25-31(28,29)20-13-18(8-9-19(20)30-4)22(27)24-21-10-11-23-26(21)14-17-7-5-6-16(3)12-17/h5-13,15,25H,14H2,1-4H3,(H,24,27).